The number of aliphatic hydroxyl groups is 1. The fourth-order valence-corrected chi connectivity index (χ4v) is 5.59. The minimum absolute atomic E-state index is 0.0754. The summed E-state index contributed by atoms with van der Waals surface area (Å²) in [5.41, 5.74) is 6.23. The molecule has 3 aliphatic rings. The van der Waals surface area contributed by atoms with Crippen LogP contribution in [-0.2, 0) is 0 Å². The van der Waals surface area contributed by atoms with Crippen molar-refractivity contribution in [3.63, 3.8) is 0 Å². The van der Waals surface area contributed by atoms with E-state index in [-0.39, 0.29) is 11.6 Å². The zero-order valence-electron chi connectivity index (χ0n) is 15.1. The summed E-state index contributed by atoms with van der Waals surface area (Å²) in [6, 6.07) is 0.287. The molecule has 3 heterocycles. The number of thioether (sulfide) groups is 1. The second kappa shape index (κ2) is 8.20. The topological polar surface area (TPSA) is 85.6 Å². The lowest BCUT2D eigenvalue weighted by Gasteiger charge is -2.30. The average Bonchev–Trinajstić information content (AvgIpc) is 2.99. The molecule has 3 fully saturated rings. The van der Waals surface area contributed by atoms with Gasteiger partial charge in [-0.3, -0.25) is 16.0 Å². The number of nitrogens with two attached hydrogens (primary N) is 1. The van der Waals surface area contributed by atoms with Gasteiger partial charge >= 0.3 is 0 Å². The Morgan fingerprint density at radius 3 is 2.75 bits per heavy atom. The highest BCUT2D eigenvalue weighted by Crippen LogP contribution is 2.33. The molecule has 0 aliphatic carbocycles. The van der Waals surface area contributed by atoms with E-state index in [1.165, 1.54) is 32.4 Å². The fraction of sp³-hybridized carbons (Fsp3) is 1.00. The van der Waals surface area contributed by atoms with Crippen LogP contribution >= 0.6 is 11.8 Å². The van der Waals surface area contributed by atoms with Gasteiger partial charge in [0.25, 0.3) is 0 Å². The Bertz CT molecular complexity index is 396. The largest absolute Gasteiger partial charge is 0.377 e. The number of rotatable bonds is 6. The summed E-state index contributed by atoms with van der Waals surface area (Å²) in [4.78, 5) is 2.57. The number of hydrogen-bond acceptors (Lipinski definition) is 7. The predicted molar refractivity (Wildman–Crippen MR) is 101 cm³/mol. The molecular weight excluding hydrogens is 322 g/mol. The third-order valence-electron chi connectivity index (χ3n) is 5.75. The van der Waals surface area contributed by atoms with E-state index < -0.39 is 6.23 Å². The maximum atomic E-state index is 9.89. The van der Waals surface area contributed by atoms with Crippen molar-refractivity contribution in [2.45, 2.75) is 80.5 Å². The Kier molecular flexibility index (Phi) is 6.46. The lowest BCUT2D eigenvalue weighted by molar-refractivity contribution is 0.127. The van der Waals surface area contributed by atoms with Gasteiger partial charge in [-0.2, -0.15) is 0 Å². The maximum absolute atomic E-state index is 9.89. The molecule has 3 rings (SSSR count). The molecule has 0 aromatic carbocycles. The van der Waals surface area contributed by atoms with Gasteiger partial charge in [0, 0.05) is 36.0 Å². The van der Waals surface area contributed by atoms with Gasteiger partial charge < -0.3 is 15.7 Å². The fourth-order valence-electron chi connectivity index (χ4n) is 4.33. The second-order valence-corrected chi connectivity index (χ2v) is 9.56. The van der Waals surface area contributed by atoms with Crippen molar-refractivity contribution in [1.29, 1.82) is 0 Å². The lowest BCUT2D eigenvalue weighted by Crippen LogP contribution is -2.49. The van der Waals surface area contributed by atoms with Crippen molar-refractivity contribution in [1.82, 2.24) is 20.9 Å². The van der Waals surface area contributed by atoms with E-state index in [9.17, 15) is 5.11 Å². The van der Waals surface area contributed by atoms with Gasteiger partial charge in [0.1, 0.15) is 11.7 Å². The number of aliphatic hydroxyl groups excluding tert-OH is 1. The molecule has 0 saturated carbocycles. The van der Waals surface area contributed by atoms with Gasteiger partial charge in [-0.15, -0.1) is 11.8 Å². The van der Waals surface area contributed by atoms with Crippen molar-refractivity contribution < 1.29 is 5.11 Å². The summed E-state index contributed by atoms with van der Waals surface area (Å²) >= 11 is 1.98. The van der Waals surface area contributed by atoms with Gasteiger partial charge in [-0.1, -0.05) is 13.3 Å². The van der Waals surface area contributed by atoms with Crippen LogP contribution in [0.2, 0.25) is 0 Å². The van der Waals surface area contributed by atoms with Crippen molar-refractivity contribution >= 4 is 11.8 Å². The number of nitrogens with zero attached hydrogens (tertiary/aromatic N) is 1. The summed E-state index contributed by atoms with van der Waals surface area (Å²) in [6.45, 7) is 9.20. The van der Waals surface area contributed by atoms with Crippen molar-refractivity contribution in [3.8, 4) is 0 Å². The SMILES string of the molecule is CC1SC(NCCN2CCCCC2)N[C@H]1CC1(C)CC(N)C(O)N1. The third-order valence-corrected chi connectivity index (χ3v) is 7.08. The van der Waals surface area contributed by atoms with Gasteiger partial charge in [-0.05, 0) is 45.7 Å². The normalized spacial score (nSPS) is 44.2. The molecule has 0 radical (unpaired) electrons. The van der Waals surface area contributed by atoms with Crippen LogP contribution in [0.25, 0.3) is 0 Å². The van der Waals surface area contributed by atoms with Gasteiger partial charge in [0.15, 0.2) is 0 Å². The van der Waals surface area contributed by atoms with E-state index in [1.807, 2.05) is 11.8 Å². The van der Waals surface area contributed by atoms with Crippen LogP contribution in [-0.4, -0.2) is 70.8 Å². The summed E-state index contributed by atoms with van der Waals surface area (Å²) < 4.78 is 0. The second-order valence-electron chi connectivity index (χ2n) is 8.07. The Balaban J connectivity index is 1.39. The molecule has 24 heavy (non-hydrogen) atoms. The van der Waals surface area contributed by atoms with Crippen LogP contribution in [0.5, 0.6) is 0 Å². The molecule has 3 saturated heterocycles. The number of hydrogen-bond donors (Lipinski definition) is 5. The lowest BCUT2D eigenvalue weighted by atomic mass is 9.89. The van der Waals surface area contributed by atoms with Gasteiger partial charge in [-0.25, -0.2) is 0 Å². The Labute approximate surface area is 150 Å². The van der Waals surface area contributed by atoms with Crippen LogP contribution in [0.4, 0.5) is 0 Å². The zero-order valence-corrected chi connectivity index (χ0v) is 15.9. The molecule has 6 atom stereocenters. The summed E-state index contributed by atoms with van der Waals surface area (Å²) in [5, 5.41) is 21.1. The molecule has 6 nitrogen and oxygen atoms in total. The molecule has 3 aliphatic heterocycles. The highest BCUT2D eigenvalue weighted by molar-refractivity contribution is 8.00. The molecule has 0 aromatic heterocycles. The molecule has 7 heteroatoms. The van der Waals surface area contributed by atoms with E-state index in [0.717, 1.165) is 25.9 Å². The van der Waals surface area contributed by atoms with Crippen LogP contribution in [0, 0.1) is 0 Å². The number of piperidine rings is 1. The molecule has 5 unspecified atom stereocenters. The van der Waals surface area contributed by atoms with Crippen molar-refractivity contribution in [3.05, 3.63) is 0 Å². The molecule has 0 amide bonds. The quantitative estimate of drug-likeness (QED) is 0.465. The Morgan fingerprint density at radius 1 is 1.33 bits per heavy atom. The van der Waals surface area contributed by atoms with Crippen LogP contribution in [0.1, 0.15) is 46.0 Å². The van der Waals surface area contributed by atoms with E-state index in [4.69, 9.17) is 5.73 Å². The van der Waals surface area contributed by atoms with Crippen LogP contribution < -0.4 is 21.7 Å². The monoisotopic (exact) mass is 357 g/mol. The van der Waals surface area contributed by atoms with E-state index in [2.05, 4.69) is 34.7 Å². The molecule has 0 aromatic rings. The number of likely N-dealkylation sites (tertiary alicyclic amines) is 1. The standard InChI is InChI=1S/C17H35N5OS/c1-12-14(11-17(2)10-13(18)15(23)21-17)20-16(24-12)19-6-9-22-7-4-3-5-8-22/h12-16,19-21,23H,3-11,18H2,1-2H3/t12?,13?,14-,15?,16?,17?/m0/s1. The molecule has 140 valence electrons. The zero-order chi connectivity index (χ0) is 17.2. The maximum Gasteiger partial charge on any atom is 0.120 e. The predicted octanol–water partition coefficient (Wildman–Crippen LogP) is 0.227. The average molecular weight is 358 g/mol. The Morgan fingerprint density at radius 2 is 2.08 bits per heavy atom. The van der Waals surface area contributed by atoms with E-state index >= 15 is 0 Å². The first kappa shape index (κ1) is 18.9. The highest BCUT2D eigenvalue weighted by atomic mass is 32.2. The van der Waals surface area contributed by atoms with Crippen molar-refractivity contribution in [2.75, 3.05) is 26.2 Å². The van der Waals surface area contributed by atoms with Gasteiger partial charge in [0.2, 0.25) is 0 Å². The highest BCUT2D eigenvalue weighted by Gasteiger charge is 2.43. The molecule has 6 N–H and O–H groups in total. The first-order valence-corrected chi connectivity index (χ1v) is 10.5. The van der Waals surface area contributed by atoms with Crippen LogP contribution in [0.15, 0.2) is 0 Å². The van der Waals surface area contributed by atoms with E-state index in [0.29, 0.717) is 16.8 Å². The minimum atomic E-state index is -0.571. The molecule has 0 spiro atoms. The minimum Gasteiger partial charge on any atom is -0.377 e. The first-order chi connectivity index (χ1) is 11.5. The molecule has 0 bridgehead atoms. The summed E-state index contributed by atoms with van der Waals surface area (Å²) in [5.74, 6) is 0. The number of nitrogens with one attached hydrogen (secondary N) is 3. The summed E-state index contributed by atoms with van der Waals surface area (Å²) in [7, 11) is 0. The van der Waals surface area contributed by atoms with Crippen LogP contribution in [0.3, 0.4) is 0 Å². The Hall–Kier alpha value is 0.110. The smallest absolute Gasteiger partial charge is 0.120 e. The van der Waals surface area contributed by atoms with Gasteiger partial charge in [0.05, 0.1) is 0 Å². The third kappa shape index (κ3) is 4.84. The van der Waals surface area contributed by atoms with E-state index in [1.54, 1.807) is 0 Å². The first-order valence-electron chi connectivity index (χ1n) is 9.54. The summed E-state index contributed by atoms with van der Waals surface area (Å²) in [6.07, 6.45) is 5.36. The molecular formula is C17H35N5OS. The van der Waals surface area contributed by atoms with Crippen molar-refractivity contribution in [2.24, 2.45) is 5.73 Å².